The molecule has 3 fully saturated rings. The smallest absolute Gasteiger partial charge is 0.448 e. The normalized spacial score (nSPS) is 30.1. The minimum absolute atomic E-state index is 0.0707. The van der Waals surface area contributed by atoms with Crippen LogP contribution in [-0.2, 0) is 10.4 Å². The van der Waals surface area contributed by atoms with Crippen LogP contribution in [0.2, 0.25) is 0 Å². The van der Waals surface area contributed by atoms with Crippen LogP contribution in [0.3, 0.4) is 0 Å². The summed E-state index contributed by atoms with van der Waals surface area (Å²) in [6.07, 6.45) is 5.57. The van der Waals surface area contributed by atoms with E-state index in [4.69, 9.17) is 9.94 Å². The van der Waals surface area contributed by atoms with Crippen LogP contribution in [0.25, 0.3) is 0 Å². The van der Waals surface area contributed by atoms with Gasteiger partial charge < -0.3 is 14.8 Å². The number of hydroxylamine groups is 2. The number of amides is 2. The van der Waals surface area contributed by atoms with E-state index in [1.54, 1.807) is 0 Å². The van der Waals surface area contributed by atoms with Gasteiger partial charge in [-0.3, -0.25) is 4.90 Å². The molecule has 1 aliphatic heterocycles. The van der Waals surface area contributed by atoms with Crippen molar-refractivity contribution in [3.63, 3.8) is 0 Å². The highest BCUT2D eigenvalue weighted by atomic mass is 16.8. The molecule has 0 radical (unpaired) electrons. The van der Waals surface area contributed by atoms with Gasteiger partial charge in [-0.15, -0.1) is 5.06 Å². The monoisotopic (exact) mass is 401 g/mol. The Hall–Kier alpha value is -2.28. The molecule has 0 unspecified atom stereocenters. The second kappa shape index (κ2) is 7.52. The van der Waals surface area contributed by atoms with Crippen molar-refractivity contribution in [1.29, 1.82) is 0 Å². The lowest BCUT2D eigenvalue weighted by molar-refractivity contribution is -0.0771. The maximum absolute atomic E-state index is 13.0. The highest BCUT2D eigenvalue weighted by Crippen LogP contribution is 2.49. The minimum atomic E-state index is -1.43. The van der Waals surface area contributed by atoms with Crippen molar-refractivity contribution in [2.75, 3.05) is 27.2 Å². The quantitative estimate of drug-likeness (QED) is 0.810. The Morgan fingerprint density at radius 1 is 1.17 bits per heavy atom. The number of hydrogen-bond donors (Lipinski definition) is 1. The maximum Gasteiger partial charge on any atom is 0.531 e. The van der Waals surface area contributed by atoms with Gasteiger partial charge in [0.2, 0.25) is 0 Å². The SMILES string of the molecule is CN(C)C1(c2ccccc2)CCC2(CC1)CN(OC(=O)O)C(=O)N2CC1CCC1. The summed E-state index contributed by atoms with van der Waals surface area (Å²) < 4.78 is 0. The summed E-state index contributed by atoms with van der Waals surface area (Å²) in [4.78, 5) is 33.2. The van der Waals surface area contributed by atoms with Crippen LogP contribution in [0.15, 0.2) is 30.3 Å². The van der Waals surface area contributed by atoms with Crippen LogP contribution in [0, 0.1) is 5.92 Å². The molecule has 1 aromatic rings. The Morgan fingerprint density at radius 3 is 2.34 bits per heavy atom. The van der Waals surface area contributed by atoms with Gasteiger partial charge in [0, 0.05) is 12.1 Å². The van der Waals surface area contributed by atoms with Crippen LogP contribution < -0.4 is 0 Å². The summed E-state index contributed by atoms with van der Waals surface area (Å²) >= 11 is 0. The summed E-state index contributed by atoms with van der Waals surface area (Å²) in [5, 5.41) is 10.1. The molecule has 2 saturated carbocycles. The molecule has 1 heterocycles. The molecule has 0 bridgehead atoms. The van der Waals surface area contributed by atoms with Gasteiger partial charge >= 0.3 is 12.2 Å². The van der Waals surface area contributed by atoms with Gasteiger partial charge in [-0.25, -0.2) is 9.59 Å². The second-order valence-corrected chi connectivity index (χ2v) is 9.10. The zero-order valence-corrected chi connectivity index (χ0v) is 17.3. The molecule has 4 rings (SSSR count). The van der Waals surface area contributed by atoms with E-state index in [1.807, 2.05) is 11.0 Å². The molecule has 7 nitrogen and oxygen atoms in total. The fourth-order valence-electron chi connectivity index (χ4n) is 5.43. The van der Waals surface area contributed by atoms with E-state index in [0.717, 1.165) is 43.6 Å². The molecular formula is C22H31N3O4. The third-order valence-electron chi connectivity index (χ3n) is 7.48. The molecule has 1 N–H and O–H groups in total. The molecule has 1 aromatic carbocycles. The summed E-state index contributed by atoms with van der Waals surface area (Å²) in [7, 11) is 4.24. The molecule has 1 spiro atoms. The predicted molar refractivity (Wildman–Crippen MR) is 108 cm³/mol. The minimum Gasteiger partial charge on any atom is -0.448 e. The van der Waals surface area contributed by atoms with E-state index in [2.05, 4.69) is 43.3 Å². The van der Waals surface area contributed by atoms with Gasteiger partial charge in [-0.05, 0) is 64.1 Å². The van der Waals surface area contributed by atoms with Gasteiger partial charge in [0.15, 0.2) is 0 Å². The highest BCUT2D eigenvalue weighted by Gasteiger charge is 2.56. The third-order valence-corrected chi connectivity index (χ3v) is 7.48. The number of carbonyl (C=O) groups is 2. The van der Waals surface area contributed by atoms with Crippen molar-refractivity contribution in [1.82, 2.24) is 14.9 Å². The Balaban J connectivity index is 1.59. The molecule has 3 aliphatic rings. The van der Waals surface area contributed by atoms with Gasteiger partial charge in [0.1, 0.15) is 0 Å². The number of nitrogens with zero attached hydrogens (tertiary/aromatic N) is 3. The first-order valence-electron chi connectivity index (χ1n) is 10.6. The average Bonchev–Trinajstić information content (AvgIpc) is 2.90. The highest BCUT2D eigenvalue weighted by molar-refractivity contribution is 5.78. The number of urea groups is 1. The molecule has 2 amide bonds. The molecule has 0 aromatic heterocycles. The van der Waals surface area contributed by atoms with E-state index >= 15 is 0 Å². The summed E-state index contributed by atoms with van der Waals surface area (Å²) in [6.45, 7) is 1.03. The number of hydrogen-bond acceptors (Lipinski definition) is 4. The van der Waals surface area contributed by atoms with E-state index in [0.29, 0.717) is 19.0 Å². The summed E-state index contributed by atoms with van der Waals surface area (Å²) in [5.41, 5.74) is 0.878. The summed E-state index contributed by atoms with van der Waals surface area (Å²) in [5.74, 6) is 0.523. The van der Waals surface area contributed by atoms with E-state index < -0.39 is 6.16 Å². The maximum atomic E-state index is 13.0. The number of carbonyl (C=O) groups excluding carboxylic acids is 1. The lowest BCUT2D eigenvalue weighted by Gasteiger charge is -2.51. The Labute approximate surface area is 172 Å². The number of rotatable bonds is 5. The van der Waals surface area contributed by atoms with Crippen LogP contribution in [-0.4, -0.2) is 64.9 Å². The third kappa shape index (κ3) is 3.45. The molecular weight excluding hydrogens is 370 g/mol. The van der Waals surface area contributed by atoms with Crippen molar-refractivity contribution in [3.8, 4) is 0 Å². The molecule has 7 heteroatoms. The van der Waals surface area contributed by atoms with Crippen molar-refractivity contribution in [2.45, 2.75) is 56.0 Å². The van der Waals surface area contributed by atoms with E-state index in [-0.39, 0.29) is 17.1 Å². The Bertz CT molecular complexity index is 755. The fraction of sp³-hybridized carbons (Fsp3) is 0.636. The first kappa shape index (κ1) is 20.0. The Kier molecular flexibility index (Phi) is 5.19. The van der Waals surface area contributed by atoms with Crippen LogP contribution >= 0.6 is 0 Å². The van der Waals surface area contributed by atoms with Crippen molar-refractivity contribution in [3.05, 3.63) is 35.9 Å². The Morgan fingerprint density at radius 2 is 1.83 bits per heavy atom. The first-order chi connectivity index (χ1) is 13.9. The molecule has 2 aliphatic carbocycles. The number of benzene rings is 1. The molecule has 1 saturated heterocycles. The number of carboxylic acid groups (broad SMARTS) is 1. The van der Waals surface area contributed by atoms with Crippen molar-refractivity contribution in [2.24, 2.45) is 5.92 Å². The van der Waals surface area contributed by atoms with Gasteiger partial charge in [0.25, 0.3) is 0 Å². The van der Waals surface area contributed by atoms with E-state index in [1.165, 1.54) is 12.0 Å². The molecule has 158 valence electrons. The van der Waals surface area contributed by atoms with Gasteiger partial charge in [-0.2, -0.15) is 0 Å². The second-order valence-electron chi connectivity index (χ2n) is 9.10. The lowest BCUT2D eigenvalue weighted by Crippen LogP contribution is -2.56. The molecule has 29 heavy (non-hydrogen) atoms. The topological polar surface area (TPSA) is 73.3 Å². The zero-order valence-electron chi connectivity index (χ0n) is 17.3. The zero-order chi connectivity index (χ0) is 20.6. The van der Waals surface area contributed by atoms with Crippen molar-refractivity contribution < 1.29 is 19.5 Å². The van der Waals surface area contributed by atoms with Gasteiger partial charge in [0.05, 0.1) is 12.1 Å². The fourth-order valence-corrected chi connectivity index (χ4v) is 5.43. The van der Waals surface area contributed by atoms with Crippen LogP contribution in [0.5, 0.6) is 0 Å². The van der Waals surface area contributed by atoms with Gasteiger partial charge in [-0.1, -0.05) is 36.8 Å². The van der Waals surface area contributed by atoms with Crippen LogP contribution in [0.1, 0.15) is 50.5 Å². The van der Waals surface area contributed by atoms with Crippen molar-refractivity contribution >= 4 is 12.2 Å². The summed E-state index contributed by atoms with van der Waals surface area (Å²) in [6, 6.07) is 10.3. The average molecular weight is 402 g/mol. The standard InChI is InChI=1S/C22H31N3O4/c1-23(2)22(18-9-4-3-5-10-18)13-11-21(12-14-22)16-25(29-20(27)28)19(26)24(21)15-17-7-6-8-17/h3-5,9-10,17H,6-8,11-16H2,1-2H3,(H,27,28). The van der Waals surface area contributed by atoms with E-state index in [9.17, 15) is 9.59 Å². The molecule has 0 atom stereocenters. The first-order valence-corrected chi connectivity index (χ1v) is 10.6. The van der Waals surface area contributed by atoms with Crippen LogP contribution in [0.4, 0.5) is 9.59 Å². The predicted octanol–water partition coefficient (Wildman–Crippen LogP) is 3.90. The largest absolute Gasteiger partial charge is 0.531 e. The lowest BCUT2D eigenvalue weighted by atomic mass is 9.68.